The van der Waals surface area contributed by atoms with Gasteiger partial charge in [-0.25, -0.2) is 8.98 Å². The topological polar surface area (TPSA) is 89.9 Å². The SMILES string of the molecule is C=CC(=O)OCCC(OS(=O)(=O)O)C(CC)CC. The second kappa shape index (κ2) is 8.23. The van der Waals surface area contributed by atoms with E-state index < -0.39 is 22.5 Å². The van der Waals surface area contributed by atoms with Crippen molar-refractivity contribution in [3.63, 3.8) is 0 Å². The Hall–Kier alpha value is -0.920. The quantitative estimate of drug-likeness (QED) is 0.393. The molecule has 0 saturated carbocycles. The lowest BCUT2D eigenvalue weighted by molar-refractivity contribution is -0.138. The zero-order chi connectivity index (χ0) is 14.2. The first-order valence-corrected chi connectivity index (χ1v) is 7.15. The van der Waals surface area contributed by atoms with Crippen LogP contribution in [0.15, 0.2) is 12.7 Å². The number of rotatable bonds is 9. The van der Waals surface area contributed by atoms with Crippen molar-refractivity contribution in [2.45, 2.75) is 39.2 Å². The van der Waals surface area contributed by atoms with Crippen LogP contribution < -0.4 is 0 Å². The molecule has 18 heavy (non-hydrogen) atoms. The average Bonchev–Trinajstić information content (AvgIpc) is 2.28. The molecule has 0 aromatic heterocycles. The summed E-state index contributed by atoms with van der Waals surface area (Å²) >= 11 is 0. The molecular weight excluding hydrogens is 260 g/mol. The Morgan fingerprint density at radius 1 is 1.39 bits per heavy atom. The van der Waals surface area contributed by atoms with Crippen molar-refractivity contribution in [1.82, 2.24) is 0 Å². The maximum absolute atomic E-state index is 10.8. The van der Waals surface area contributed by atoms with Crippen molar-refractivity contribution in [3.05, 3.63) is 12.7 Å². The predicted octanol–water partition coefficient (Wildman–Crippen LogP) is 1.73. The van der Waals surface area contributed by atoms with Gasteiger partial charge in [-0.2, -0.15) is 8.42 Å². The first-order chi connectivity index (χ1) is 8.34. The highest BCUT2D eigenvalue weighted by atomic mass is 32.3. The van der Waals surface area contributed by atoms with Crippen LogP contribution in [0.3, 0.4) is 0 Å². The molecule has 0 aliphatic heterocycles. The minimum absolute atomic E-state index is 0.0154. The van der Waals surface area contributed by atoms with Gasteiger partial charge in [0.2, 0.25) is 0 Å². The van der Waals surface area contributed by atoms with E-state index in [1.54, 1.807) is 0 Å². The Bertz CT molecular complexity index is 358. The van der Waals surface area contributed by atoms with Gasteiger partial charge in [-0.15, -0.1) is 0 Å². The van der Waals surface area contributed by atoms with Crippen LogP contribution in [0.1, 0.15) is 33.1 Å². The second-order valence-corrected chi connectivity index (χ2v) is 4.85. The van der Waals surface area contributed by atoms with Crippen molar-refractivity contribution in [2.75, 3.05) is 6.61 Å². The van der Waals surface area contributed by atoms with Crippen LogP contribution in [0.25, 0.3) is 0 Å². The van der Waals surface area contributed by atoms with Gasteiger partial charge in [-0.3, -0.25) is 4.55 Å². The van der Waals surface area contributed by atoms with Gasteiger partial charge in [0.05, 0.1) is 12.7 Å². The van der Waals surface area contributed by atoms with Crippen LogP contribution in [0, 0.1) is 5.92 Å². The van der Waals surface area contributed by atoms with Gasteiger partial charge in [0.1, 0.15) is 0 Å². The molecule has 0 bridgehead atoms. The normalized spacial score (nSPS) is 13.3. The van der Waals surface area contributed by atoms with Crippen molar-refractivity contribution in [3.8, 4) is 0 Å². The molecule has 0 heterocycles. The van der Waals surface area contributed by atoms with E-state index >= 15 is 0 Å². The summed E-state index contributed by atoms with van der Waals surface area (Å²) in [6, 6.07) is 0. The van der Waals surface area contributed by atoms with E-state index in [0.29, 0.717) is 12.8 Å². The van der Waals surface area contributed by atoms with Gasteiger partial charge >= 0.3 is 16.4 Å². The summed E-state index contributed by atoms with van der Waals surface area (Å²) < 4.78 is 39.6. The lowest BCUT2D eigenvalue weighted by Crippen LogP contribution is -2.28. The molecule has 0 rings (SSSR count). The predicted molar refractivity (Wildman–Crippen MR) is 66.3 cm³/mol. The van der Waals surface area contributed by atoms with Crippen LogP contribution in [0.5, 0.6) is 0 Å². The number of carbonyl (C=O) groups is 1. The standard InChI is InChI=1S/C11H20O6S/c1-4-9(5-2)10(17-18(13,14)15)7-8-16-11(12)6-3/h6,9-10H,3-5,7-8H2,1-2H3,(H,13,14,15). The van der Waals surface area contributed by atoms with Gasteiger partial charge in [0, 0.05) is 12.5 Å². The molecule has 0 aliphatic rings. The number of hydrogen-bond donors (Lipinski definition) is 1. The van der Waals surface area contributed by atoms with Gasteiger partial charge in [0.15, 0.2) is 0 Å². The number of esters is 1. The van der Waals surface area contributed by atoms with E-state index in [2.05, 4.69) is 10.8 Å². The van der Waals surface area contributed by atoms with E-state index in [-0.39, 0.29) is 18.9 Å². The van der Waals surface area contributed by atoms with Gasteiger partial charge in [0.25, 0.3) is 0 Å². The van der Waals surface area contributed by atoms with Crippen LogP contribution in [-0.2, 0) is 24.1 Å². The average molecular weight is 280 g/mol. The lowest BCUT2D eigenvalue weighted by atomic mass is 9.95. The molecule has 0 aromatic carbocycles. The molecule has 1 atom stereocenters. The molecule has 0 aromatic rings. The van der Waals surface area contributed by atoms with E-state index in [9.17, 15) is 13.2 Å². The minimum Gasteiger partial charge on any atom is -0.462 e. The number of hydrogen-bond acceptors (Lipinski definition) is 5. The van der Waals surface area contributed by atoms with Crippen molar-refractivity contribution in [1.29, 1.82) is 0 Å². The maximum atomic E-state index is 10.8. The molecule has 6 nitrogen and oxygen atoms in total. The first kappa shape index (κ1) is 17.1. The zero-order valence-electron chi connectivity index (χ0n) is 10.7. The minimum atomic E-state index is -4.51. The molecular formula is C11H20O6S. The van der Waals surface area contributed by atoms with E-state index in [1.807, 2.05) is 13.8 Å². The number of carbonyl (C=O) groups excluding carboxylic acids is 1. The molecule has 106 valence electrons. The molecule has 0 saturated heterocycles. The Morgan fingerprint density at radius 3 is 2.33 bits per heavy atom. The Labute approximate surface area is 108 Å². The highest BCUT2D eigenvalue weighted by Gasteiger charge is 2.24. The summed E-state index contributed by atoms with van der Waals surface area (Å²) in [5.74, 6) is -0.612. The summed E-state index contributed by atoms with van der Waals surface area (Å²) in [5, 5.41) is 0. The molecule has 0 fully saturated rings. The smallest absolute Gasteiger partial charge is 0.397 e. The fourth-order valence-electron chi connectivity index (χ4n) is 1.67. The first-order valence-electron chi connectivity index (χ1n) is 5.78. The van der Waals surface area contributed by atoms with Crippen LogP contribution in [0.2, 0.25) is 0 Å². The summed E-state index contributed by atoms with van der Waals surface area (Å²) in [4.78, 5) is 10.8. The summed E-state index contributed by atoms with van der Waals surface area (Å²) in [6.07, 6.45) is 1.92. The fraction of sp³-hybridized carbons (Fsp3) is 0.727. The fourth-order valence-corrected chi connectivity index (χ4v) is 2.23. The van der Waals surface area contributed by atoms with Crippen LogP contribution >= 0.6 is 0 Å². The summed E-state index contributed by atoms with van der Waals surface area (Å²) in [7, 11) is -4.51. The van der Waals surface area contributed by atoms with Gasteiger partial charge in [-0.1, -0.05) is 33.3 Å². The van der Waals surface area contributed by atoms with Crippen molar-refractivity contribution < 1.29 is 26.7 Å². The Morgan fingerprint density at radius 2 is 1.94 bits per heavy atom. The van der Waals surface area contributed by atoms with Crippen LogP contribution in [0.4, 0.5) is 0 Å². The van der Waals surface area contributed by atoms with Crippen molar-refractivity contribution in [2.24, 2.45) is 5.92 Å². The monoisotopic (exact) mass is 280 g/mol. The van der Waals surface area contributed by atoms with Crippen LogP contribution in [-0.4, -0.2) is 31.7 Å². The third kappa shape index (κ3) is 7.41. The molecule has 1 N–H and O–H groups in total. The molecule has 0 radical (unpaired) electrons. The van der Waals surface area contributed by atoms with Gasteiger partial charge in [-0.05, 0) is 5.92 Å². The Balaban J connectivity index is 4.47. The third-order valence-electron chi connectivity index (χ3n) is 2.63. The maximum Gasteiger partial charge on any atom is 0.397 e. The zero-order valence-corrected chi connectivity index (χ0v) is 11.5. The molecule has 7 heteroatoms. The molecule has 0 aliphatic carbocycles. The molecule has 0 spiro atoms. The second-order valence-electron chi connectivity index (χ2n) is 3.80. The summed E-state index contributed by atoms with van der Waals surface area (Å²) in [6.45, 7) is 7.05. The van der Waals surface area contributed by atoms with E-state index in [0.717, 1.165) is 6.08 Å². The largest absolute Gasteiger partial charge is 0.462 e. The number of ether oxygens (including phenoxy) is 1. The summed E-state index contributed by atoms with van der Waals surface area (Å²) in [5.41, 5.74) is 0. The lowest BCUT2D eigenvalue weighted by Gasteiger charge is -2.23. The highest BCUT2D eigenvalue weighted by molar-refractivity contribution is 7.80. The van der Waals surface area contributed by atoms with Crippen molar-refractivity contribution >= 4 is 16.4 Å². The molecule has 0 amide bonds. The third-order valence-corrected chi connectivity index (χ3v) is 3.12. The van der Waals surface area contributed by atoms with E-state index in [1.165, 1.54) is 0 Å². The Kier molecular flexibility index (Phi) is 7.81. The van der Waals surface area contributed by atoms with E-state index in [4.69, 9.17) is 9.29 Å². The molecule has 1 unspecified atom stereocenters. The highest BCUT2D eigenvalue weighted by Crippen LogP contribution is 2.20. The van der Waals surface area contributed by atoms with Gasteiger partial charge < -0.3 is 4.74 Å².